The number of amides is 1. The zero-order valence-electron chi connectivity index (χ0n) is 14.1. The summed E-state index contributed by atoms with van der Waals surface area (Å²) in [7, 11) is 0. The van der Waals surface area contributed by atoms with Crippen LogP contribution in [0.2, 0.25) is 5.02 Å². The van der Waals surface area contributed by atoms with E-state index in [1.165, 1.54) is 0 Å². The molecule has 0 spiro atoms. The molecular weight excluding hydrogens is 349 g/mol. The highest BCUT2D eigenvalue weighted by molar-refractivity contribution is 6.33. The van der Waals surface area contributed by atoms with Gasteiger partial charge in [0.25, 0.3) is 0 Å². The van der Waals surface area contributed by atoms with Gasteiger partial charge in [0.1, 0.15) is 0 Å². The van der Waals surface area contributed by atoms with Crippen molar-refractivity contribution in [3.05, 3.63) is 23.2 Å². The van der Waals surface area contributed by atoms with Gasteiger partial charge in [0.2, 0.25) is 5.91 Å². The highest BCUT2D eigenvalue weighted by Crippen LogP contribution is 2.29. The minimum Gasteiger partial charge on any atom is -0.390 e. The summed E-state index contributed by atoms with van der Waals surface area (Å²) in [5, 5.41) is 13.3. The molecule has 1 aliphatic heterocycles. The molecule has 7 heteroatoms. The van der Waals surface area contributed by atoms with Crippen LogP contribution in [0.5, 0.6) is 0 Å². The van der Waals surface area contributed by atoms with Crippen LogP contribution in [0, 0.1) is 5.92 Å². The summed E-state index contributed by atoms with van der Waals surface area (Å²) in [6, 6.07) is 5.76. The summed E-state index contributed by atoms with van der Waals surface area (Å²) in [4.78, 5) is 16.2. The lowest BCUT2D eigenvalue weighted by molar-refractivity contribution is -0.134. The number of piperazine rings is 1. The standard InChI is InChI=1S/C17H25Cl2N3O2/c1-12(2)17(24)22-7-5-21(6-8-22)16-4-3-13(9-15(16)19)20-11-14(23)10-18/h3-4,9,12,14,20,23H,5-8,10-11H2,1-2H3. The minimum absolute atomic E-state index is 0.0360. The normalized spacial score (nSPS) is 16.4. The van der Waals surface area contributed by atoms with E-state index in [1.807, 2.05) is 36.9 Å². The van der Waals surface area contributed by atoms with Crippen molar-refractivity contribution in [3.63, 3.8) is 0 Å². The Morgan fingerprint density at radius 2 is 1.96 bits per heavy atom. The van der Waals surface area contributed by atoms with Crippen LogP contribution in [0.15, 0.2) is 18.2 Å². The van der Waals surface area contributed by atoms with E-state index < -0.39 is 6.10 Å². The molecule has 1 saturated heterocycles. The average molecular weight is 374 g/mol. The third-order valence-corrected chi connectivity index (χ3v) is 4.75. The number of rotatable bonds is 6. The molecule has 2 N–H and O–H groups in total. The van der Waals surface area contributed by atoms with Gasteiger partial charge < -0.3 is 20.2 Å². The molecular formula is C17H25Cl2N3O2. The summed E-state index contributed by atoms with van der Waals surface area (Å²) in [5.41, 5.74) is 1.82. The largest absolute Gasteiger partial charge is 0.390 e. The zero-order chi connectivity index (χ0) is 17.7. The van der Waals surface area contributed by atoms with Gasteiger partial charge in [-0.3, -0.25) is 4.79 Å². The Hall–Kier alpha value is -1.17. The number of alkyl halides is 1. The molecule has 1 atom stereocenters. The lowest BCUT2D eigenvalue weighted by Crippen LogP contribution is -2.50. The quantitative estimate of drug-likeness (QED) is 0.752. The first kappa shape index (κ1) is 19.2. The molecule has 5 nitrogen and oxygen atoms in total. The highest BCUT2D eigenvalue weighted by Gasteiger charge is 2.23. The van der Waals surface area contributed by atoms with E-state index in [0.29, 0.717) is 11.6 Å². The number of nitrogens with one attached hydrogen (secondary N) is 1. The fourth-order valence-corrected chi connectivity index (χ4v) is 3.11. The van der Waals surface area contributed by atoms with Crippen molar-refractivity contribution in [1.82, 2.24) is 4.90 Å². The molecule has 1 amide bonds. The molecule has 0 aliphatic carbocycles. The SMILES string of the molecule is CC(C)C(=O)N1CCN(c2ccc(NCC(O)CCl)cc2Cl)CC1. The fourth-order valence-electron chi connectivity index (χ4n) is 2.70. The Bertz CT molecular complexity index is 561. The number of aliphatic hydroxyl groups is 1. The van der Waals surface area contributed by atoms with Gasteiger partial charge in [-0.1, -0.05) is 25.4 Å². The predicted octanol–water partition coefficient (Wildman–Crippen LogP) is 2.66. The molecule has 24 heavy (non-hydrogen) atoms. The summed E-state index contributed by atoms with van der Waals surface area (Å²) < 4.78 is 0. The Balaban J connectivity index is 1.95. The van der Waals surface area contributed by atoms with Crippen LogP contribution in [-0.4, -0.2) is 60.6 Å². The second kappa shape index (κ2) is 8.79. The third kappa shape index (κ3) is 4.91. The number of aliphatic hydroxyl groups excluding tert-OH is 1. The maximum atomic E-state index is 12.0. The van der Waals surface area contributed by atoms with Gasteiger partial charge in [-0.15, -0.1) is 11.6 Å². The number of halogens is 2. The van der Waals surface area contributed by atoms with Gasteiger partial charge in [-0.25, -0.2) is 0 Å². The number of carbonyl (C=O) groups is 1. The first-order chi connectivity index (χ1) is 11.4. The number of benzene rings is 1. The van der Waals surface area contributed by atoms with E-state index in [4.69, 9.17) is 23.2 Å². The van der Waals surface area contributed by atoms with Gasteiger partial charge in [-0.2, -0.15) is 0 Å². The van der Waals surface area contributed by atoms with Crippen molar-refractivity contribution in [1.29, 1.82) is 0 Å². The smallest absolute Gasteiger partial charge is 0.225 e. The van der Waals surface area contributed by atoms with E-state index in [2.05, 4.69) is 10.2 Å². The average Bonchev–Trinajstić information content (AvgIpc) is 2.59. The van der Waals surface area contributed by atoms with Gasteiger partial charge in [0.15, 0.2) is 0 Å². The van der Waals surface area contributed by atoms with Crippen LogP contribution >= 0.6 is 23.2 Å². The first-order valence-electron chi connectivity index (χ1n) is 8.23. The maximum absolute atomic E-state index is 12.0. The van der Waals surface area contributed by atoms with Gasteiger partial charge in [0, 0.05) is 44.3 Å². The number of nitrogens with zero attached hydrogens (tertiary/aromatic N) is 2. The molecule has 1 heterocycles. The van der Waals surface area contributed by atoms with Crippen LogP contribution < -0.4 is 10.2 Å². The van der Waals surface area contributed by atoms with E-state index in [9.17, 15) is 9.90 Å². The van der Waals surface area contributed by atoms with Crippen molar-refractivity contribution in [2.45, 2.75) is 20.0 Å². The van der Waals surface area contributed by atoms with E-state index in [-0.39, 0.29) is 17.7 Å². The van der Waals surface area contributed by atoms with E-state index in [1.54, 1.807) is 0 Å². The van der Waals surface area contributed by atoms with E-state index >= 15 is 0 Å². The lowest BCUT2D eigenvalue weighted by atomic mass is 10.1. The molecule has 1 fully saturated rings. The number of hydrogen-bond acceptors (Lipinski definition) is 4. The van der Waals surface area contributed by atoms with Crippen LogP contribution in [-0.2, 0) is 4.79 Å². The Morgan fingerprint density at radius 1 is 1.29 bits per heavy atom. The fraction of sp³-hybridized carbons (Fsp3) is 0.588. The highest BCUT2D eigenvalue weighted by atomic mass is 35.5. The van der Waals surface area contributed by atoms with Crippen LogP contribution in [0.4, 0.5) is 11.4 Å². The summed E-state index contributed by atoms with van der Waals surface area (Å²) in [6.45, 7) is 7.22. The van der Waals surface area contributed by atoms with Crippen LogP contribution in [0.1, 0.15) is 13.8 Å². The molecule has 1 unspecified atom stereocenters. The molecule has 0 aromatic heterocycles. The Morgan fingerprint density at radius 3 is 2.50 bits per heavy atom. The van der Waals surface area contributed by atoms with E-state index in [0.717, 1.165) is 37.6 Å². The molecule has 1 aromatic carbocycles. The monoisotopic (exact) mass is 373 g/mol. The van der Waals surface area contributed by atoms with Gasteiger partial charge in [0.05, 0.1) is 22.7 Å². The molecule has 1 aromatic rings. The molecule has 2 rings (SSSR count). The minimum atomic E-state index is -0.586. The Labute approximate surface area is 153 Å². The lowest BCUT2D eigenvalue weighted by Gasteiger charge is -2.37. The summed E-state index contributed by atoms with van der Waals surface area (Å²) in [5.74, 6) is 0.435. The third-order valence-electron chi connectivity index (χ3n) is 4.09. The number of anilines is 2. The van der Waals surface area contributed by atoms with Crippen molar-refractivity contribution in [2.24, 2.45) is 5.92 Å². The van der Waals surface area contributed by atoms with Crippen molar-refractivity contribution in [2.75, 3.05) is 48.8 Å². The zero-order valence-corrected chi connectivity index (χ0v) is 15.6. The summed E-state index contributed by atoms with van der Waals surface area (Å²) in [6.07, 6.45) is -0.586. The van der Waals surface area contributed by atoms with Gasteiger partial charge in [-0.05, 0) is 18.2 Å². The van der Waals surface area contributed by atoms with Crippen molar-refractivity contribution >= 4 is 40.5 Å². The second-order valence-electron chi connectivity index (χ2n) is 6.32. The first-order valence-corrected chi connectivity index (χ1v) is 9.14. The molecule has 0 bridgehead atoms. The molecule has 0 saturated carbocycles. The predicted molar refractivity (Wildman–Crippen MR) is 100 cm³/mol. The van der Waals surface area contributed by atoms with Crippen LogP contribution in [0.3, 0.4) is 0 Å². The van der Waals surface area contributed by atoms with Crippen molar-refractivity contribution < 1.29 is 9.90 Å². The Kier molecular flexibility index (Phi) is 7.02. The maximum Gasteiger partial charge on any atom is 0.225 e. The van der Waals surface area contributed by atoms with Gasteiger partial charge >= 0.3 is 0 Å². The summed E-state index contributed by atoms with van der Waals surface area (Å²) >= 11 is 12.0. The topological polar surface area (TPSA) is 55.8 Å². The molecule has 134 valence electrons. The molecule has 1 aliphatic rings. The number of carbonyl (C=O) groups excluding carboxylic acids is 1. The molecule has 0 radical (unpaired) electrons. The van der Waals surface area contributed by atoms with Crippen molar-refractivity contribution in [3.8, 4) is 0 Å². The number of hydrogen-bond donors (Lipinski definition) is 2. The van der Waals surface area contributed by atoms with Crippen LogP contribution in [0.25, 0.3) is 0 Å². The second-order valence-corrected chi connectivity index (χ2v) is 7.04.